The second kappa shape index (κ2) is 8.47. The molecule has 0 bridgehead atoms. The molecule has 0 amide bonds. The fraction of sp³-hybridized carbons (Fsp3) is 0.250. The van der Waals surface area contributed by atoms with Gasteiger partial charge in [-0.05, 0) is 24.6 Å². The molecule has 16 heavy (non-hydrogen) atoms. The molecule has 0 aliphatic heterocycles. The minimum atomic E-state index is 0. The van der Waals surface area contributed by atoms with Gasteiger partial charge in [0.1, 0.15) is 5.82 Å². The Kier molecular flexibility index (Phi) is 7.49. The monoisotopic (exact) mass is 225 g/mol. The van der Waals surface area contributed by atoms with Gasteiger partial charge < -0.3 is 10.6 Å². The van der Waals surface area contributed by atoms with Crippen molar-refractivity contribution >= 4 is 12.0 Å². The van der Waals surface area contributed by atoms with Gasteiger partial charge in [0.2, 0.25) is 0 Å². The van der Waals surface area contributed by atoms with E-state index in [4.69, 9.17) is 0 Å². The lowest BCUT2D eigenvalue weighted by Gasteiger charge is -2.10. The van der Waals surface area contributed by atoms with Crippen LogP contribution < -0.4 is 10.6 Å². The Labute approximate surface area is 97.1 Å². The highest BCUT2D eigenvalue weighted by Gasteiger charge is 1.93. The highest BCUT2D eigenvalue weighted by molar-refractivity contribution is 5.60. The van der Waals surface area contributed by atoms with Crippen LogP contribution >= 0.6 is 0 Å². The number of hydrogen-bond donors (Lipinski definition) is 2. The number of benzene rings is 1. The van der Waals surface area contributed by atoms with Crippen LogP contribution in [0.5, 0.6) is 0 Å². The Morgan fingerprint density at radius 2 is 2.06 bits per heavy atom. The summed E-state index contributed by atoms with van der Waals surface area (Å²) in [6.07, 6.45) is 4.71. The van der Waals surface area contributed by atoms with Gasteiger partial charge in [-0.3, -0.25) is 9.70 Å². The predicted octanol–water partition coefficient (Wildman–Crippen LogP) is 3.00. The van der Waals surface area contributed by atoms with Gasteiger partial charge in [-0.25, -0.2) is 0 Å². The van der Waals surface area contributed by atoms with Crippen molar-refractivity contribution in [1.82, 2.24) is 5.32 Å². The van der Waals surface area contributed by atoms with Crippen molar-refractivity contribution in [1.29, 1.82) is 0 Å². The van der Waals surface area contributed by atoms with Crippen LogP contribution in [-0.2, 0) is 0 Å². The zero-order valence-corrected chi connectivity index (χ0v) is 9.60. The van der Waals surface area contributed by atoms with Crippen LogP contribution in [0.3, 0.4) is 0 Å². The topological polar surface area (TPSA) is 36.4 Å². The first-order chi connectivity index (χ1) is 7.36. The maximum atomic E-state index is 3.88. The fourth-order valence-electron chi connectivity index (χ4n) is 1.16. The summed E-state index contributed by atoms with van der Waals surface area (Å²) in [6.45, 7) is 2.09. The lowest BCUT2D eigenvalue weighted by Crippen LogP contribution is -2.17. The van der Waals surface area contributed by atoms with Crippen molar-refractivity contribution in [3.63, 3.8) is 0 Å². The number of aliphatic imine (C=N–C) groups is 1. The molecule has 0 spiro atoms. The maximum Gasteiger partial charge on any atom is 0.104 e. The van der Waals surface area contributed by atoms with Crippen LogP contribution in [0.15, 0.2) is 47.2 Å². The first kappa shape index (κ1) is 14.2. The van der Waals surface area contributed by atoms with Gasteiger partial charge in [0.15, 0.2) is 0 Å². The molecule has 0 aliphatic carbocycles. The molecule has 4 heteroatoms. The van der Waals surface area contributed by atoms with Crippen molar-refractivity contribution in [3.8, 4) is 0 Å². The molecular weight excluding hydrogens is 205 g/mol. The van der Waals surface area contributed by atoms with E-state index in [0.29, 0.717) is 0 Å². The highest BCUT2D eigenvalue weighted by atomic mass is 19.0. The van der Waals surface area contributed by atoms with Crippen LogP contribution in [-0.4, -0.2) is 13.4 Å². The Hall–Kier alpha value is -1.84. The minimum Gasteiger partial charge on any atom is -0.342 e. The van der Waals surface area contributed by atoms with Crippen molar-refractivity contribution in [2.45, 2.75) is 13.3 Å². The third kappa shape index (κ3) is 5.14. The molecule has 0 saturated carbocycles. The summed E-state index contributed by atoms with van der Waals surface area (Å²) in [5, 5.41) is 6.35. The molecule has 0 heterocycles. The van der Waals surface area contributed by atoms with Gasteiger partial charge in [-0.2, -0.15) is 0 Å². The summed E-state index contributed by atoms with van der Waals surface area (Å²) in [4.78, 5) is 3.88. The summed E-state index contributed by atoms with van der Waals surface area (Å²) in [6, 6.07) is 10.0. The second-order valence-corrected chi connectivity index (χ2v) is 3.05. The molecule has 1 rings (SSSR count). The van der Waals surface area contributed by atoms with E-state index in [0.717, 1.165) is 17.9 Å². The number of halogens is 1. The first-order valence-electron chi connectivity index (χ1n) is 5.06. The summed E-state index contributed by atoms with van der Waals surface area (Å²) < 4.78 is 0. The lowest BCUT2D eigenvalue weighted by molar-refractivity contribution is 1.08. The normalized spacial score (nSPS) is 11.0. The molecule has 0 unspecified atom stereocenters. The fourth-order valence-corrected chi connectivity index (χ4v) is 1.16. The van der Waals surface area contributed by atoms with Crippen LogP contribution in [0.2, 0.25) is 0 Å². The van der Waals surface area contributed by atoms with Gasteiger partial charge in [-0.15, -0.1) is 0 Å². The molecule has 90 valence electrons. The molecule has 2 N–H and O–H groups in total. The SMILES string of the molecule is CC/C=C(\NC=NC)Nc1ccccc1.F.[HH]. The molecule has 0 saturated heterocycles. The molecule has 1 aromatic rings. The largest absolute Gasteiger partial charge is 0.342 e. The number of anilines is 1. The lowest BCUT2D eigenvalue weighted by atomic mass is 10.3. The molecule has 0 aliphatic rings. The summed E-state index contributed by atoms with van der Waals surface area (Å²) >= 11 is 0. The molecule has 3 nitrogen and oxygen atoms in total. The Morgan fingerprint density at radius 3 is 2.62 bits per heavy atom. The van der Waals surface area contributed by atoms with Crippen molar-refractivity contribution in [3.05, 3.63) is 42.2 Å². The Bertz CT molecular complexity index is 339. The molecule has 0 radical (unpaired) electrons. The van der Waals surface area contributed by atoms with Crippen molar-refractivity contribution < 1.29 is 6.13 Å². The van der Waals surface area contributed by atoms with Gasteiger partial charge in [-0.1, -0.05) is 25.1 Å². The smallest absolute Gasteiger partial charge is 0.104 e. The number of nitrogens with zero attached hydrogens (tertiary/aromatic N) is 1. The quantitative estimate of drug-likeness (QED) is 0.597. The van der Waals surface area contributed by atoms with Gasteiger partial charge in [0.05, 0.1) is 6.34 Å². The summed E-state index contributed by atoms with van der Waals surface area (Å²) in [7, 11) is 1.74. The van der Waals surface area contributed by atoms with Crippen LogP contribution in [0.4, 0.5) is 10.4 Å². The Balaban J connectivity index is 0. The third-order valence-electron chi connectivity index (χ3n) is 1.81. The highest BCUT2D eigenvalue weighted by Crippen LogP contribution is 2.07. The van der Waals surface area contributed by atoms with E-state index in [1.54, 1.807) is 13.4 Å². The first-order valence-corrected chi connectivity index (χ1v) is 5.06. The molecular formula is C12H20FN3. The van der Waals surface area contributed by atoms with Gasteiger partial charge in [0.25, 0.3) is 0 Å². The van der Waals surface area contributed by atoms with Crippen LogP contribution in [0.25, 0.3) is 0 Å². The molecule has 0 aromatic heterocycles. The van der Waals surface area contributed by atoms with Crippen LogP contribution in [0, 0.1) is 0 Å². The van der Waals surface area contributed by atoms with E-state index in [2.05, 4.69) is 28.6 Å². The van der Waals surface area contributed by atoms with E-state index < -0.39 is 0 Å². The van der Waals surface area contributed by atoms with Gasteiger partial charge in [0, 0.05) is 14.2 Å². The van der Waals surface area contributed by atoms with Gasteiger partial charge >= 0.3 is 0 Å². The summed E-state index contributed by atoms with van der Waals surface area (Å²) in [5.41, 5.74) is 1.06. The van der Waals surface area contributed by atoms with Crippen molar-refractivity contribution in [2.24, 2.45) is 4.99 Å². The molecule has 0 atom stereocenters. The molecule has 0 fully saturated rings. The third-order valence-corrected chi connectivity index (χ3v) is 1.81. The average Bonchev–Trinajstić information content (AvgIpc) is 2.28. The van der Waals surface area contributed by atoms with E-state index in [9.17, 15) is 0 Å². The zero-order valence-electron chi connectivity index (χ0n) is 9.60. The van der Waals surface area contributed by atoms with Crippen molar-refractivity contribution in [2.75, 3.05) is 12.4 Å². The van der Waals surface area contributed by atoms with E-state index in [-0.39, 0.29) is 6.13 Å². The second-order valence-electron chi connectivity index (χ2n) is 3.05. The predicted molar refractivity (Wildman–Crippen MR) is 70.6 cm³/mol. The zero-order chi connectivity index (χ0) is 10.9. The van der Waals surface area contributed by atoms with E-state index in [1.165, 1.54) is 0 Å². The average molecular weight is 225 g/mol. The number of nitrogens with one attached hydrogen (secondary N) is 2. The maximum absolute atomic E-state index is 3.88. The number of hydrogen-bond acceptors (Lipinski definition) is 2. The Morgan fingerprint density at radius 1 is 1.38 bits per heavy atom. The number of rotatable bonds is 5. The standard InChI is InChI=1S/C12H17N3.FH.H2/c1-3-7-12(14-10-13-2)15-11-8-5-4-6-9-11;;/h4-10,15H,3H2,1-2H3,(H,13,14);2*1H/b12-7+;;. The van der Waals surface area contributed by atoms with E-state index in [1.807, 2.05) is 30.3 Å². The summed E-state index contributed by atoms with van der Waals surface area (Å²) in [5.74, 6) is 0.953. The number of allylic oxidation sites excluding steroid dienone is 1. The minimum absolute atomic E-state index is 0. The van der Waals surface area contributed by atoms with E-state index >= 15 is 0 Å². The molecule has 1 aromatic carbocycles. The number of para-hydroxylation sites is 1. The van der Waals surface area contributed by atoms with Crippen LogP contribution in [0.1, 0.15) is 14.8 Å².